The Morgan fingerprint density at radius 2 is 2.31 bits per heavy atom. The minimum absolute atomic E-state index is 0.0715. The van der Waals surface area contributed by atoms with Crippen molar-refractivity contribution in [2.24, 2.45) is 5.92 Å². The van der Waals surface area contributed by atoms with Gasteiger partial charge in [0.15, 0.2) is 0 Å². The molecule has 0 aliphatic carbocycles. The lowest BCUT2D eigenvalue weighted by Gasteiger charge is -2.11. The molecule has 0 saturated heterocycles. The lowest BCUT2D eigenvalue weighted by atomic mass is 10.1. The van der Waals surface area contributed by atoms with Crippen molar-refractivity contribution in [2.45, 2.75) is 20.3 Å². The van der Waals surface area contributed by atoms with Crippen LogP contribution in [0.1, 0.15) is 30.6 Å². The van der Waals surface area contributed by atoms with E-state index in [-0.39, 0.29) is 5.91 Å². The minimum Gasteiger partial charge on any atom is -0.372 e. The second-order valence-corrected chi connectivity index (χ2v) is 3.87. The molecule has 1 aromatic heterocycles. The number of hydrogen-bond acceptors (Lipinski definition) is 3. The summed E-state index contributed by atoms with van der Waals surface area (Å²) in [5, 5.41) is 5.81. The number of carbonyl (C=O) groups is 1. The number of amides is 1. The standard InChI is InChI=1S/C12H19N3O/c1-4-9(2)8-15-12(16)10-6-5-7-14-11(10)13-3/h5-7,9H,4,8H2,1-3H3,(H,13,14)(H,15,16). The molecule has 0 aromatic carbocycles. The molecule has 1 atom stereocenters. The normalized spacial score (nSPS) is 11.9. The topological polar surface area (TPSA) is 54.0 Å². The Morgan fingerprint density at radius 1 is 1.56 bits per heavy atom. The van der Waals surface area contributed by atoms with Crippen LogP contribution in [0, 0.1) is 5.92 Å². The van der Waals surface area contributed by atoms with Gasteiger partial charge in [0.25, 0.3) is 5.91 Å². The van der Waals surface area contributed by atoms with Crippen LogP contribution in [0.15, 0.2) is 18.3 Å². The fourth-order valence-electron chi connectivity index (χ4n) is 1.29. The third-order valence-electron chi connectivity index (χ3n) is 2.60. The maximum atomic E-state index is 11.9. The van der Waals surface area contributed by atoms with Gasteiger partial charge in [-0.25, -0.2) is 4.98 Å². The number of aromatic nitrogens is 1. The maximum Gasteiger partial charge on any atom is 0.255 e. The number of carbonyl (C=O) groups excluding carboxylic acids is 1. The molecular weight excluding hydrogens is 202 g/mol. The summed E-state index contributed by atoms with van der Waals surface area (Å²) in [6, 6.07) is 3.53. The van der Waals surface area contributed by atoms with Crippen molar-refractivity contribution in [3.63, 3.8) is 0 Å². The molecule has 2 N–H and O–H groups in total. The van der Waals surface area contributed by atoms with Crippen LogP contribution in [0.4, 0.5) is 5.82 Å². The van der Waals surface area contributed by atoms with Gasteiger partial charge in [-0.1, -0.05) is 20.3 Å². The van der Waals surface area contributed by atoms with Crippen LogP contribution in [-0.2, 0) is 0 Å². The first-order valence-corrected chi connectivity index (χ1v) is 5.60. The maximum absolute atomic E-state index is 11.9. The van der Waals surface area contributed by atoms with Crippen molar-refractivity contribution in [3.8, 4) is 0 Å². The fourth-order valence-corrected chi connectivity index (χ4v) is 1.29. The summed E-state index contributed by atoms with van der Waals surface area (Å²) in [6.45, 7) is 4.93. The second-order valence-electron chi connectivity index (χ2n) is 3.87. The number of nitrogens with zero attached hydrogens (tertiary/aromatic N) is 1. The zero-order chi connectivity index (χ0) is 12.0. The molecule has 16 heavy (non-hydrogen) atoms. The van der Waals surface area contributed by atoms with Gasteiger partial charge in [-0.05, 0) is 18.1 Å². The van der Waals surface area contributed by atoms with E-state index in [1.165, 1.54) is 0 Å². The monoisotopic (exact) mass is 221 g/mol. The Hall–Kier alpha value is -1.58. The van der Waals surface area contributed by atoms with Crippen molar-refractivity contribution in [1.29, 1.82) is 0 Å². The molecule has 0 fully saturated rings. The van der Waals surface area contributed by atoms with Crippen LogP contribution in [0.5, 0.6) is 0 Å². The van der Waals surface area contributed by atoms with Gasteiger partial charge in [0.05, 0.1) is 5.56 Å². The summed E-state index contributed by atoms with van der Waals surface area (Å²) in [6.07, 6.45) is 2.73. The molecule has 4 nitrogen and oxygen atoms in total. The van der Waals surface area contributed by atoms with E-state index in [1.54, 1.807) is 25.4 Å². The molecule has 1 amide bonds. The Bertz CT molecular complexity index is 352. The number of anilines is 1. The van der Waals surface area contributed by atoms with Crippen LogP contribution in [0.3, 0.4) is 0 Å². The van der Waals surface area contributed by atoms with Gasteiger partial charge in [-0.3, -0.25) is 4.79 Å². The average Bonchev–Trinajstić information content (AvgIpc) is 2.35. The van der Waals surface area contributed by atoms with Gasteiger partial charge in [0.2, 0.25) is 0 Å². The Labute approximate surface area is 96.5 Å². The minimum atomic E-state index is -0.0715. The Balaban J connectivity index is 2.65. The summed E-state index contributed by atoms with van der Waals surface area (Å²) < 4.78 is 0. The van der Waals surface area contributed by atoms with E-state index in [0.29, 0.717) is 23.8 Å². The number of nitrogens with one attached hydrogen (secondary N) is 2. The largest absolute Gasteiger partial charge is 0.372 e. The van der Waals surface area contributed by atoms with Crippen molar-refractivity contribution < 1.29 is 4.79 Å². The highest BCUT2D eigenvalue weighted by Gasteiger charge is 2.11. The average molecular weight is 221 g/mol. The molecule has 88 valence electrons. The molecule has 0 radical (unpaired) electrons. The lowest BCUT2D eigenvalue weighted by molar-refractivity contribution is 0.0948. The van der Waals surface area contributed by atoms with Crippen molar-refractivity contribution in [1.82, 2.24) is 10.3 Å². The van der Waals surface area contributed by atoms with Gasteiger partial charge >= 0.3 is 0 Å². The molecule has 0 aliphatic heterocycles. The van der Waals surface area contributed by atoms with Gasteiger partial charge in [-0.2, -0.15) is 0 Å². The molecule has 4 heteroatoms. The molecule has 1 aromatic rings. The summed E-state index contributed by atoms with van der Waals surface area (Å²) in [4.78, 5) is 15.9. The fraction of sp³-hybridized carbons (Fsp3) is 0.500. The first-order valence-electron chi connectivity index (χ1n) is 5.60. The third-order valence-corrected chi connectivity index (χ3v) is 2.60. The summed E-state index contributed by atoms with van der Waals surface area (Å²) in [5.41, 5.74) is 0.591. The van der Waals surface area contributed by atoms with E-state index >= 15 is 0 Å². The van der Waals surface area contributed by atoms with Gasteiger partial charge in [-0.15, -0.1) is 0 Å². The third kappa shape index (κ3) is 3.22. The predicted octanol–water partition coefficient (Wildman–Crippen LogP) is 1.90. The quantitative estimate of drug-likeness (QED) is 0.798. The van der Waals surface area contributed by atoms with Gasteiger partial charge in [0, 0.05) is 19.8 Å². The summed E-state index contributed by atoms with van der Waals surface area (Å²) >= 11 is 0. The highest BCUT2D eigenvalue weighted by atomic mass is 16.1. The highest BCUT2D eigenvalue weighted by molar-refractivity contribution is 5.98. The molecule has 0 spiro atoms. The van der Waals surface area contributed by atoms with E-state index in [2.05, 4.69) is 29.5 Å². The number of pyridine rings is 1. The van der Waals surface area contributed by atoms with Crippen molar-refractivity contribution in [2.75, 3.05) is 18.9 Å². The molecule has 0 saturated carbocycles. The van der Waals surface area contributed by atoms with Gasteiger partial charge in [0.1, 0.15) is 5.82 Å². The van der Waals surface area contributed by atoms with Crippen LogP contribution in [-0.4, -0.2) is 24.5 Å². The van der Waals surface area contributed by atoms with E-state index in [0.717, 1.165) is 6.42 Å². The van der Waals surface area contributed by atoms with Crippen LogP contribution < -0.4 is 10.6 Å². The van der Waals surface area contributed by atoms with Gasteiger partial charge < -0.3 is 10.6 Å². The number of hydrogen-bond donors (Lipinski definition) is 2. The van der Waals surface area contributed by atoms with Crippen LogP contribution >= 0.6 is 0 Å². The zero-order valence-corrected chi connectivity index (χ0v) is 10.1. The zero-order valence-electron chi connectivity index (χ0n) is 10.1. The molecule has 0 bridgehead atoms. The Kier molecular flexibility index (Phi) is 4.76. The van der Waals surface area contributed by atoms with E-state index < -0.39 is 0 Å². The predicted molar refractivity (Wildman–Crippen MR) is 65.6 cm³/mol. The summed E-state index contributed by atoms with van der Waals surface area (Å²) in [7, 11) is 1.76. The second kappa shape index (κ2) is 6.10. The molecule has 1 heterocycles. The number of rotatable bonds is 5. The molecule has 1 rings (SSSR count). The lowest BCUT2D eigenvalue weighted by Crippen LogP contribution is -2.28. The molecule has 1 unspecified atom stereocenters. The van der Waals surface area contributed by atoms with E-state index in [4.69, 9.17) is 0 Å². The van der Waals surface area contributed by atoms with E-state index in [9.17, 15) is 4.79 Å². The first kappa shape index (κ1) is 12.5. The SMILES string of the molecule is CCC(C)CNC(=O)c1cccnc1NC. The molecule has 0 aliphatic rings. The van der Waals surface area contributed by atoms with E-state index in [1.807, 2.05) is 0 Å². The molecular formula is C12H19N3O. The first-order chi connectivity index (χ1) is 7.69. The van der Waals surface area contributed by atoms with Crippen molar-refractivity contribution >= 4 is 11.7 Å². The Morgan fingerprint density at radius 3 is 2.94 bits per heavy atom. The highest BCUT2D eigenvalue weighted by Crippen LogP contribution is 2.10. The summed E-state index contributed by atoms with van der Waals surface area (Å²) in [5.74, 6) is 1.04. The van der Waals surface area contributed by atoms with Crippen LogP contribution in [0.25, 0.3) is 0 Å². The van der Waals surface area contributed by atoms with Crippen LogP contribution in [0.2, 0.25) is 0 Å². The van der Waals surface area contributed by atoms with Crippen molar-refractivity contribution in [3.05, 3.63) is 23.9 Å². The smallest absolute Gasteiger partial charge is 0.255 e.